The molecular formula is C17H34N2O. The van der Waals surface area contributed by atoms with Crippen LogP contribution in [0, 0.1) is 5.41 Å². The van der Waals surface area contributed by atoms with Crippen LogP contribution in [0.1, 0.15) is 59.3 Å². The molecule has 0 amide bonds. The molecule has 0 aromatic rings. The molecule has 20 heavy (non-hydrogen) atoms. The Morgan fingerprint density at radius 3 is 2.55 bits per heavy atom. The topological polar surface area (TPSA) is 24.5 Å². The lowest BCUT2D eigenvalue weighted by molar-refractivity contribution is -0.0325. The second-order valence-electron chi connectivity index (χ2n) is 7.19. The van der Waals surface area contributed by atoms with E-state index in [1.54, 1.807) is 0 Å². The lowest BCUT2D eigenvalue weighted by Crippen LogP contribution is -2.51. The third-order valence-corrected chi connectivity index (χ3v) is 5.08. The van der Waals surface area contributed by atoms with E-state index >= 15 is 0 Å². The number of hydrogen-bond donors (Lipinski definition) is 1. The maximum absolute atomic E-state index is 5.86. The Bertz CT molecular complexity index is 268. The zero-order valence-corrected chi connectivity index (χ0v) is 13.8. The van der Waals surface area contributed by atoms with E-state index in [4.69, 9.17) is 4.74 Å². The van der Waals surface area contributed by atoms with Gasteiger partial charge in [-0.1, -0.05) is 33.6 Å². The Hall–Kier alpha value is -0.120. The minimum absolute atomic E-state index is 0.334. The number of hydrogen-bond acceptors (Lipinski definition) is 3. The fourth-order valence-electron chi connectivity index (χ4n) is 3.85. The quantitative estimate of drug-likeness (QED) is 0.777. The van der Waals surface area contributed by atoms with E-state index < -0.39 is 0 Å². The molecule has 0 bridgehead atoms. The molecule has 118 valence electrons. The highest BCUT2D eigenvalue weighted by Gasteiger charge is 2.36. The molecule has 1 saturated heterocycles. The van der Waals surface area contributed by atoms with Gasteiger partial charge in [0.05, 0.1) is 6.61 Å². The summed E-state index contributed by atoms with van der Waals surface area (Å²) in [6, 6.07) is 1.40. The van der Waals surface area contributed by atoms with E-state index in [0.717, 1.165) is 25.8 Å². The second kappa shape index (κ2) is 7.77. The summed E-state index contributed by atoms with van der Waals surface area (Å²) in [5, 5.41) is 3.67. The third-order valence-electron chi connectivity index (χ3n) is 5.08. The van der Waals surface area contributed by atoms with Crippen molar-refractivity contribution in [3.63, 3.8) is 0 Å². The fraction of sp³-hybridized carbons (Fsp3) is 1.00. The van der Waals surface area contributed by atoms with Gasteiger partial charge in [-0.2, -0.15) is 0 Å². The minimum Gasteiger partial charge on any atom is -0.381 e. The third kappa shape index (κ3) is 4.44. The van der Waals surface area contributed by atoms with Gasteiger partial charge in [-0.05, 0) is 32.2 Å². The van der Waals surface area contributed by atoms with Crippen LogP contribution in [0.5, 0.6) is 0 Å². The van der Waals surface area contributed by atoms with Gasteiger partial charge in [0.25, 0.3) is 0 Å². The van der Waals surface area contributed by atoms with Crippen molar-refractivity contribution in [3.8, 4) is 0 Å². The Morgan fingerprint density at radius 2 is 2.00 bits per heavy atom. The van der Waals surface area contributed by atoms with Gasteiger partial charge in [0.1, 0.15) is 0 Å². The molecule has 1 saturated carbocycles. The molecule has 0 aromatic carbocycles. The van der Waals surface area contributed by atoms with Crippen molar-refractivity contribution in [1.82, 2.24) is 10.2 Å². The first-order chi connectivity index (χ1) is 9.65. The molecule has 1 unspecified atom stereocenters. The van der Waals surface area contributed by atoms with Crippen LogP contribution in [-0.4, -0.2) is 49.8 Å². The molecule has 3 nitrogen and oxygen atoms in total. The molecule has 1 atom stereocenters. The fourth-order valence-corrected chi connectivity index (χ4v) is 3.85. The largest absolute Gasteiger partial charge is 0.381 e. The van der Waals surface area contributed by atoms with Gasteiger partial charge in [-0.25, -0.2) is 0 Å². The van der Waals surface area contributed by atoms with Crippen molar-refractivity contribution < 1.29 is 4.74 Å². The molecule has 2 rings (SSSR count). The highest BCUT2D eigenvalue weighted by molar-refractivity contribution is 4.90. The maximum atomic E-state index is 5.86. The van der Waals surface area contributed by atoms with Crippen LogP contribution in [0.25, 0.3) is 0 Å². The summed E-state index contributed by atoms with van der Waals surface area (Å²) in [4.78, 5) is 2.74. The van der Waals surface area contributed by atoms with E-state index in [2.05, 4.69) is 31.0 Å². The molecule has 2 fully saturated rings. The first kappa shape index (κ1) is 16.3. The summed E-state index contributed by atoms with van der Waals surface area (Å²) >= 11 is 0. The summed E-state index contributed by atoms with van der Waals surface area (Å²) in [6.45, 7) is 12.2. The van der Waals surface area contributed by atoms with E-state index in [0.29, 0.717) is 11.5 Å². The zero-order chi connectivity index (χ0) is 14.4. The average Bonchev–Trinajstić information content (AvgIpc) is 2.98. The van der Waals surface area contributed by atoms with E-state index in [9.17, 15) is 0 Å². The summed E-state index contributed by atoms with van der Waals surface area (Å²) in [7, 11) is 0. The van der Waals surface area contributed by atoms with Crippen molar-refractivity contribution >= 4 is 0 Å². The molecule has 1 aliphatic heterocycles. The average molecular weight is 282 g/mol. The van der Waals surface area contributed by atoms with Gasteiger partial charge < -0.3 is 10.1 Å². The summed E-state index contributed by atoms with van der Waals surface area (Å²) in [5.74, 6) is 0. The van der Waals surface area contributed by atoms with Crippen LogP contribution in [0.4, 0.5) is 0 Å². The van der Waals surface area contributed by atoms with Gasteiger partial charge in [-0.3, -0.25) is 4.90 Å². The summed E-state index contributed by atoms with van der Waals surface area (Å²) in [5.41, 5.74) is 0.334. The van der Waals surface area contributed by atoms with Crippen LogP contribution >= 0.6 is 0 Å². The van der Waals surface area contributed by atoms with E-state index in [1.165, 1.54) is 51.6 Å². The Labute approximate surface area is 125 Å². The monoisotopic (exact) mass is 282 g/mol. The number of rotatable bonds is 7. The molecule has 0 spiro atoms. The first-order valence-corrected chi connectivity index (χ1v) is 8.70. The van der Waals surface area contributed by atoms with Crippen molar-refractivity contribution in [2.45, 2.75) is 71.4 Å². The standard InChI is InChI=1S/C17H34N2O/c1-4-19(16-8-5-6-9-16)13-17(12-18-15(2)3)10-7-11-20-14-17/h15-16,18H,4-14H2,1-3H3. The Morgan fingerprint density at radius 1 is 1.25 bits per heavy atom. The van der Waals surface area contributed by atoms with Crippen LogP contribution in [-0.2, 0) is 4.74 Å². The van der Waals surface area contributed by atoms with Gasteiger partial charge >= 0.3 is 0 Å². The number of ether oxygens (including phenoxy) is 1. The molecule has 1 N–H and O–H groups in total. The Kier molecular flexibility index (Phi) is 6.31. The minimum atomic E-state index is 0.334. The first-order valence-electron chi connectivity index (χ1n) is 8.70. The second-order valence-corrected chi connectivity index (χ2v) is 7.19. The highest BCUT2D eigenvalue weighted by atomic mass is 16.5. The van der Waals surface area contributed by atoms with Crippen LogP contribution < -0.4 is 5.32 Å². The van der Waals surface area contributed by atoms with Crippen molar-refractivity contribution in [1.29, 1.82) is 0 Å². The molecular weight excluding hydrogens is 248 g/mol. The number of nitrogens with zero attached hydrogens (tertiary/aromatic N) is 1. The maximum Gasteiger partial charge on any atom is 0.0546 e. The lowest BCUT2D eigenvalue weighted by Gasteiger charge is -2.43. The van der Waals surface area contributed by atoms with Crippen LogP contribution in [0.2, 0.25) is 0 Å². The molecule has 3 heteroatoms. The van der Waals surface area contributed by atoms with Gasteiger partial charge in [0.15, 0.2) is 0 Å². The van der Waals surface area contributed by atoms with Gasteiger partial charge in [0.2, 0.25) is 0 Å². The predicted molar refractivity (Wildman–Crippen MR) is 85.1 cm³/mol. The molecule has 0 radical (unpaired) electrons. The van der Waals surface area contributed by atoms with Gasteiger partial charge in [0, 0.05) is 37.2 Å². The predicted octanol–water partition coefficient (Wildman–Crippen LogP) is 3.05. The lowest BCUT2D eigenvalue weighted by atomic mass is 9.81. The normalized spacial score (nSPS) is 28.6. The van der Waals surface area contributed by atoms with E-state index in [-0.39, 0.29) is 0 Å². The molecule has 1 aliphatic carbocycles. The van der Waals surface area contributed by atoms with Gasteiger partial charge in [-0.15, -0.1) is 0 Å². The van der Waals surface area contributed by atoms with Crippen LogP contribution in [0.3, 0.4) is 0 Å². The summed E-state index contributed by atoms with van der Waals surface area (Å²) < 4.78 is 5.86. The van der Waals surface area contributed by atoms with Crippen molar-refractivity contribution in [3.05, 3.63) is 0 Å². The van der Waals surface area contributed by atoms with Crippen molar-refractivity contribution in [2.24, 2.45) is 5.41 Å². The number of nitrogens with one attached hydrogen (secondary N) is 1. The SMILES string of the molecule is CCN(CC1(CNC(C)C)CCCOC1)C1CCCC1. The van der Waals surface area contributed by atoms with Crippen molar-refractivity contribution in [2.75, 3.05) is 32.8 Å². The van der Waals surface area contributed by atoms with Crippen LogP contribution in [0.15, 0.2) is 0 Å². The molecule has 1 heterocycles. The van der Waals surface area contributed by atoms with E-state index in [1.807, 2.05) is 0 Å². The zero-order valence-electron chi connectivity index (χ0n) is 13.8. The molecule has 0 aromatic heterocycles. The summed E-state index contributed by atoms with van der Waals surface area (Å²) in [6.07, 6.45) is 8.20. The Balaban J connectivity index is 1.97. The highest BCUT2D eigenvalue weighted by Crippen LogP contribution is 2.32. The smallest absolute Gasteiger partial charge is 0.0546 e. The molecule has 2 aliphatic rings.